The van der Waals surface area contributed by atoms with Gasteiger partial charge in [-0.2, -0.15) is 0 Å². The van der Waals surface area contributed by atoms with Crippen molar-refractivity contribution in [1.29, 1.82) is 0 Å². The quantitative estimate of drug-likeness (QED) is 0.763. The molecule has 1 unspecified atom stereocenters. The van der Waals surface area contributed by atoms with Crippen LogP contribution in [-0.4, -0.2) is 37.6 Å². The first kappa shape index (κ1) is 21.1. The maximum Gasteiger partial charge on any atom is 0.407 e. The molecule has 1 saturated heterocycles. The van der Waals surface area contributed by atoms with Crippen LogP contribution in [0.15, 0.2) is 48.5 Å². The Bertz CT molecular complexity index is 824. The standard InChI is InChI=1S/C23H29NO5/c1-16(15-24-22(25)29-23(2,3)4)28-20-10-6-8-18(14-20)17-7-5-9-19(13-17)21-26-11-12-27-21/h5-10,13-14,16,21H,11-12,15H2,1-4H3,(H,24,25). The van der Waals surface area contributed by atoms with Crippen LogP contribution in [0, 0.1) is 0 Å². The van der Waals surface area contributed by atoms with Gasteiger partial charge < -0.3 is 24.3 Å². The average Bonchev–Trinajstić information content (AvgIpc) is 3.20. The summed E-state index contributed by atoms with van der Waals surface area (Å²) < 4.78 is 22.4. The molecule has 0 bridgehead atoms. The molecule has 0 saturated carbocycles. The van der Waals surface area contributed by atoms with Gasteiger partial charge in [0.15, 0.2) is 6.29 Å². The molecular weight excluding hydrogens is 370 g/mol. The monoisotopic (exact) mass is 399 g/mol. The molecule has 1 heterocycles. The first-order chi connectivity index (χ1) is 13.8. The largest absolute Gasteiger partial charge is 0.489 e. The van der Waals surface area contributed by atoms with Gasteiger partial charge in [0.2, 0.25) is 0 Å². The third kappa shape index (κ3) is 6.48. The Hall–Kier alpha value is -2.57. The molecule has 1 atom stereocenters. The lowest BCUT2D eigenvalue weighted by Crippen LogP contribution is -2.37. The number of nitrogens with one attached hydrogen (secondary N) is 1. The minimum atomic E-state index is -0.522. The Morgan fingerprint density at radius 3 is 2.45 bits per heavy atom. The predicted octanol–water partition coefficient (Wildman–Crippen LogP) is 4.69. The molecule has 29 heavy (non-hydrogen) atoms. The molecule has 0 aliphatic carbocycles. The molecule has 6 heteroatoms. The van der Waals surface area contributed by atoms with E-state index in [0.29, 0.717) is 19.8 Å². The fourth-order valence-corrected chi connectivity index (χ4v) is 2.98. The van der Waals surface area contributed by atoms with Gasteiger partial charge in [0.1, 0.15) is 17.5 Å². The molecular formula is C23H29NO5. The summed E-state index contributed by atoms with van der Waals surface area (Å²) in [4.78, 5) is 11.8. The van der Waals surface area contributed by atoms with Crippen molar-refractivity contribution in [2.45, 2.75) is 45.7 Å². The lowest BCUT2D eigenvalue weighted by atomic mass is 10.0. The second-order valence-corrected chi connectivity index (χ2v) is 8.04. The van der Waals surface area contributed by atoms with Crippen LogP contribution < -0.4 is 10.1 Å². The molecule has 2 aromatic rings. The van der Waals surface area contributed by atoms with E-state index in [4.69, 9.17) is 18.9 Å². The summed E-state index contributed by atoms with van der Waals surface area (Å²) in [5.74, 6) is 0.736. The number of hydrogen-bond donors (Lipinski definition) is 1. The fraction of sp³-hybridized carbons (Fsp3) is 0.435. The third-order valence-electron chi connectivity index (χ3n) is 4.22. The summed E-state index contributed by atoms with van der Waals surface area (Å²) >= 11 is 0. The first-order valence-electron chi connectivity index (χ1n) is 9.87. The van der Waals surface area contributed by atoms with E-state index < -0.39 is 11.7 Å². The molecule has 1 aliphatic heterocycles. The number of carbonyl (C=O) groups is 1. The van der Waals surface area contributed by atoms with Crippen molar-refractivity contribution in [1.82, 2.24) is 5.32 Å². The maximum atomic E-state index is 11.8. The Morgan fingerprint density at radius 2 is 1.76 bits per heavy atom. The van der Waals surface area contributed by atoms with E-state index in [-0.39, 0.29) is 12.4 Å². The van der Waals surface area contributed by atoms with Gasteiger partial charge in [0, 0.05) is 5.56 Å². The lowest BCUT2D eigenvalue weighted by molar-refractivity contribution is -0.0440. The molecule has 0 spiro atoms. The van der Waals surface area contributed by atoms with Crippen LogP contribution in [0.25, 0.3) is 11.1 Å². The molecule has 1 fully saturated rings. The Kier molecular flexibility index (Phi) is 6.77. The van der Waals surface area contributed by atoms with Crippen molar-refractivity contribution in [3.05, 3.63) is 54.1 Å². The Morgan fingerprint density at radius 1 is 1.10 bits per heavy atom. The summed E-state index contributed by atoms with van der Waals surface area (Å²) in [6, 6.07) is 16.0. The zero-order valence-corrected chi connectivity index (χ0v) is 17.4. The maximum absolute atomic E-state index is 11.8. The average molecular weight is 399 g/mol. The minimum absolute atomic E-state index is 0.204. The van der Waals surface area contributed by atoms with Crippen molar-refractivity contribution in [2.75, 3.05) is 19.8 Å². The highest BCUT2D eigenvalue weighted by atomic mass is 16.7. The number of amides is 1. The van der Waals surface area contributed by atoms with Crippen LogP contribution in [0.3, 0.4) is 0 Å². The van der Waals surface area contributed by atoms with Crippen molar-refractivity contribution < 1.29 is 23.7 Å². The van der Waals surface area contributed by atoms with E-state index in [1.54, 1.807) is 0 Å². The zero-order chi connectivity index (χ0) is 20.9. The molecule has 1 aliphatic rings. The van der Waals surface area contributed by atoms with Gasteiger partial charge in [-0.1, -0.05) is 30.3 Å². The molecule has 156 valence electrons. The Balaban J connectivity index is 1.61. The van der Waals surface area contributed by atoms with Gasteiger partial charge in [-0.3, -0.25) is 0 Å². The lowest BCUT2D eigenvalue weighted by Gasteiger charge is -2.21. The Labute approximate surface area is 172 Å². The summed E-state index contributed by atoms with van der Waals surface area (Å²) in [6.45, 7) is 8.99. The summed E-state index contributed by atoms with van der Waals surface area (Å²) in [6.07, 6.45) is -0.951. The molecule has 6 nitrogen and oxygen atoms in total. The zero-order valence-electron chi connectivity index (χ0n) is 17.4. The second-order valence-electron chi connectivity index (χ2n) is 8.04. The van der Waals surface area contributed by atoms with Crippen molar-refractivity contribution in [2.24, 2.45) is 0 Å². The highest BCUT2D eigenvalue weighted by molar-refractivity contribution is 5.67. The predicted molar refractivity (Wildman–Crippen MR) is 111 cm³/mol. The number of carbonyl (C=O) groups excluding carboxylic acids is 1. The summed E-state index contributed by atoms with van der Waals surface area (Å²) in [5, 5.41) is 2.73. The van der Waals surface area contributed by atoms with E-state index in [9.17, 15) is 4.79 Å². The smallest absolute Gasteiger partial charge is 0.407 e. The SMILES string of the molecule is CC(CNC(=O)OC(C)(C)C)Oc1cccc(-c2cccc(C3OCCO3)c2)c1. The normalized spacial score (nSPS) is 15.7. The van der Waals surface area contributed by atoms with E-state index in [1.165, 1.54) is 0 Å². The molecule has 0 aromatic heterocycles. The van der Waals surface area contributed by atoms with Crippen molar-refractivity contribution in [3.8, 4) is 16.9 Å². The second kappa shape index (κ2) is 9.29. The molecule has 1 N–H and O–H groups in total. The summed E-state index contributed by atoms with van der Waals surface area (Å²) in [5.41, 5.74) is 2.58. The first-order valence-corrected chi connectivity index (χ1v) is 9.87. The van der Waals surface area contributed by atoms with Crippen molar-refractivity contribution >= 4 is 6.09 Å². The van der Waals surface area contributed by atoms with E-state index in [0.717, 1.165) is 22.4 Å². The van der Waals surface area contributed by atoms with Gasteiger partial charge in [-0.15, -0.1) is 0 Å². The van der Waals surface area contributed by atoms with Crippen LogP contribution >= 0.6 is 0 Å². The van der Waals surface area contributed by atoms with E-state index >= 15 is 0 Å². The van der Waals surface area contributed by atoms with Crippen LogP contribution in [0.1, 0.15) is 39.5 Å². The third-order valence-corrected chi connectivity index (χ3v) is 4.22. The number of alkyl carbamates (subject to hydrolysis) is 1. The highest BCUT2D eigenvalue weighted by Gasteiger charge is 2.19. The van der Waals surface area contributed by atoms with E-state index in [2.05, 4.69) is 11.4 Å². The van der Waals surface area contributed by atoms with Crippen LogP contribution in [0.2, 0.25) is 0 Å². The minimum Gasteiger partial charge on any atom is -0.489 e. The fourth-order valence-electron chi connectivity index (χ4n) is 2.98. The number of hydrogen-bond acceptors (Lipinski definition) is 5. The van der Waals surface area contributed by atoms with Gasteiger partial charge in [0.25, 0.3) is 0 Å². The molecule has 3 rings (SSSR count). The van der Waals surface area contributed by atoms with E-state index in [1.807, 2.05) is 70.2 Å². The number of benzene rings is 2. The number of rotatable bonds is 6. The van der Waals surface area contributed by atoms with Crippen LogP contribution in [0.4, 0.5) is 4.79 Å². The topological polar surface area (TPSA) is 66.0 Å². The van der Waals surface area contributed by atoms with Crippen molar-refractivity contribution in [3.63, 3.8) is 0 Å². The van der Waals surface area contributed by atoms with Gasteiger partial charge in [-0.25, -0.2) is 4.79 Å². The molecule has 0 radical (unpaired) electrons. The van der Waals surface area contributed by atoms with Crippen LogP contribution in [-0.2, 0) is 14.2 Å². The highest BCUT2D eigenvalue weighted by Crippen LogP contribution is 2.29. The van der Waals surface area contributed by atoms with Crippen LogP contribution in [0.5, 0.6) is 5.75 Å². The van der Waals surface area contributed by atoms with Gasteiger partial charge in [0.05, 0.1) is 19.8 Å². The van der Waals surface area contributed by atoms with Gasteiger partial charge >= 0.3 is 6.09 Å². The molecule has 2 aromatic carbocycles. The summed E-state index contributed by atoms with van der Waals surface area (Å²) in [7, 11) is 0. The molecule has 1 amide bonds. The van der Waals surface area contributed by atoms with Gasteiger partial charge in [-0.05, 0) is 57.0 Å². The number of ether oxygens (including phenoxy) is 4.